The lowest BCUT2D eigenvalue weighted by molar-refractivity contribution is -0.192. The number of aliphatic carboxylic acids is 1. The molecule has 2 fully saturated rings. The molecule has 0 aliphatic carbocycles. The molecule has 0 unspecified atom stereocenters. The summed E-state index contributed by atoms with van der Waals surface area (Å²) in [6.45, 7) is 3.23. The molecule has 2 aromatic rings. The van der Waals surface area contributed by atoms with Gasteiger partial charge in [-0.15, -0.1) is 0 Å². The second-order valence-electron chi connectivity index (χ2n) is 8.51. The topological polar surface area (TPSA) is 102 Å². The summed E-state index contributed by atoms with van der Waals surface area (Å²) in [7, 11) is 0. The van der Waals surface area contributed by atoms with E-state index in [1.807, 2.05) is 24.3 Å². The molecule has 0 atom stereocenters. The fourth-order valence-electron chi connectivity index (χ4n) is 4.22. The summed E-state index contributed by atoms with van der Waals surface area (Å²) in [5, 5.41) is 13.7. The van der Waals surface area contributed by atoms with E-state index in [2.05, 4.69) is 20.4 Å². The number of rotatable bonds is 5. The van der Waals surface area contributed by atoms with E-state index in [1.54, 1.807) is 0 Å². The molecule has 2 amide bonds. The van der Waals surface area contributed by atoms with Gasteiger partial charge < -0.3 is 25.5 Å². The van der Waals surface area contributed by atoms with Gasteiger partial charge in [0.15, 0.2) is 0 Å². The van der Waals surface area contributed by atoms with Crippen LogP contribution in [0.15, 0.2) is 48.5 Å². The number of amides is 2. The van der Waals surface area contributed by atoms with E-state index >= 15 is 0 Å². The van der Waals surface area contributed by atoms with Crippen molar-refractivity contribution in [2.45, 2.75) is 24.6 Å². The Morgan fingerprint density at radius 2 is 1.62 bits per heavy atom. The Kier molecular flexibility index (Phi) is 8.98. The summed E-state index contributed by atoms with van der Waals surface area (Å²) in [6, 6.07) is 13.1. The zero-order valence-electron chi connectivity index (χ0n) is 19.5. The number of hydrogen-bond donors (Lipinski definition) is 3. The number of benzene rings is 2. The predicted octanol–water partition coefficient (Wildman–Crippen LogP) is 3.27. The fourth-order valence-corrected chi connectivity index (χ4v) is 4.35. The number of carbonyl (C=O) groups is 3. The maximum Gasteiger partial charge on any atom is 0.490 e. The summed E-state index contributed by atoms with van der Waals surface area (Å²) < 4.78 is 44.7. The third-order valence-electron chi connectivity index (χ3n) is 6.22. The first-order valence-electron chi connectivity index (χ1n) is 11.3. The smallest absolute Gasteiger partial charge is 0.475 e. The van der Waals surface area contributed by atoms with Gasteiger partial charge in [-0.1, -0.05) is 11.6 Å². The van der Waals surface area contributed by atoms with E-state index in [1.165, 1.54) is 24.3 Å². The van der Waals surface area contributed by atoms with Gasteiger partial charge in [-0.3, -0.25) is 9.59 Å². The molecule has 2 aromatic carbocycles. The molecule has 37 heavy (non-hydrogen) atoms. The molecule has 1 spiro atoms. The molecule has 8 nitrogen and oxygen atoms in total. The number of piperidine rings is 1. The van der Waals surface area contributed by atoms with Crippen molar-refractivity contribution < 1.29 is 37.1 Å². The molecule has 0 bridgehead atoms. The summed E-state index contributed by atoms with van der Waals surface area (Å²) in [4.78, 5) is 38.1. The normalized spacial score (nSPS) is 17.1. The van der Waals surface area contributed by atoms with Gasteiger partial charge in [0.25, 0.3) is 5.91 Å². The Hall–Kier alpha value is -3.38. The van der Waals surface area contributed by atoms with Crippen LogP contribution in [0.3, 0.4) is 0 Å². The fraction of sp³-hybridized carbons (Fsp3) is 0.375. The van der Waals surface area contributed by atoms with E-state index < -0.39 is 17.7 Å². The monoisotopic (exact) mass is 544 g/mol. The zero-order chi connectivity index (χ0) is 27.2. The SMILES string of the molecule is O=C(NCCN1CCC2(CC1)C(=O)NCN2c1ccc(Cl)cc1)c1ccc(F)cc1.O=C(O)C(F)(F)F. The second-order valence-corrected chi connectivity index (χ2v) is 8.94. The summed E-state index contributed by atoms with van der Waals surface area (Å²) in [5.74, 6) is -3.26. The number of carbonyl (C=O) groups excluding carboxylic acids is 2. The number of hydrogen-bond acceptors (Lipinski definition) is 5. The number of likely N-dealkylation sites (tertiary alicyclic amines) is 1. The van der Waals surface area contributed by atoms with E-state index in [4.69, 9.17) is 21.5 Å². The van der Waals surface area contributed by atoms with E-state index in [9.17, 15) is 27.2 Å². The molecule has 2 heterocycles. The Labute approximate surface area is 215 Å². The quantitative estimate of drug-likeness (QED) is 0.500. The molecule has 2 aliphatic heterocycles. The summed E-state index contributed by atoms with van der Waals surface area (Å²) >= 11 is 6.01. The van der Waals surface area contributed by atoms with Crippen LogP contribution in [0.1, 0.15) is 23.2 Å². The van der Waals surface area contributed by atoms with Crippen molar-refractivity contribution in [3.05, 3.63) is 64.9 Å². The number of carboxylic acids is 1. The van der Waals surface area contributed by atoms with E-state index in [0.29, 0.717) is 43.2 Å². The number of carboxylic acid groups (broad SMARTS) is 1. The molecule has 3 N–H and O–H groups in total. The molecule has 0 saturated carbocycles. The molecular weight excluding hydrogens is 520 g/mol. The lowest BCUT2D eigenvalue weighted by Gasteiger charge is -2.43. The minimum atomic E-state index is -5.08. The van der Waals surface area contributed by atoms with Crippen LogP contribution < -0.4 is 15.5 Å². The molecule has 13 heteroatoms. The Balaban J connectivity index is 0.000000479. The molecular formula is C24H25ClF4N4O4. The third kappa shape index (κ3) is 7.10. The Morgan fingerprint density at radius 3 is 2.16 bits per heavy atom. The van der Waals surface area contributed by atoms with Crippen LogP contribution >= 0.6 is 11.6 Å². The number of alkyl halides is 3. The van der Waals surface area contributed by atoms with Crippen molar-refractivity contribution in [3.63, 3.8) is 0 Å². The lowest BCUT2D eigenvalue weighted by atomic mass is 9.85. The maximum absolute atomic E-state index is 13.0. The van der Waals surface area contributed by atoms with Crippen molar-refractivity contribution in [3.8, 4) is 0 Å². The van der Waals surface area contributed by atoms with Gasteiger partial charge in [0.2, 0.25) is 5.91 Å². The molecule has 2 saturated heterocycles. The minimum Gasteiger partial charge on any atom is -0.475 e. The number of anilines is 1. The first-order valence-corrected chi connectivity index (χ1v) is 11.7. The van der Waals surface area contributed by atoms with Crippen LogP contribution in [0.25, 0.3) is 0 Å². The van der Waals surface area contributed by atoms with Crippen molar-refractivity contribution in [1.29, 1.82) is 0 Å². The molecule has 0 aromatic heterocycles. The van der Waals surface area contributed by atoms with Gasteiger partial charge in [-0.2, -0.15) is 13.2 Å². The Bertz CT molecular complexity index is 1110. The van der Waals surface area contributed by atoms with Crippen LogP contribution in [-0.4, -0.2) is 72.4 Å². The van der Waals surface area contributed by atoms with Crippen molar-refractivity contribution in [2.75, 3.05) is 37.7 Å². The van der Waals surface area contributed by atoms with Gasteiger partial charge in [0.1, 0.15) is 11.4 Å². The van der Waals surface area contributed by atoms with E-state index in [0.717, 1.165) is 18.8 Å². The van der Waals surface area contributed by atoms with Crippen molar-refractivity contribution >= 4 is 35.1 Å². The van der Waals surface area contributed by atoms with Gasteiger partial charge >= 0.3 is 12.1 Å². The van der Waals surface area contributed by atoms with Crippen LogP contribution in [0.5, 0.6) is 0 Å². The van der Waals surface area contributed by atoms with Crippen molar-refractivity contribution in [2.24, 2.45) is 0 Å². The van der Waals surface area contributed by atoms with Crippen LogP contribution in [-0.2, 0) is 9.59 Å². The van der Waals surface area contributed by atoms with Gasteiger partial charge in [-0.05, 0) is 61.4 Å². The number of nitrogens with one attached hydrogen (secondary N) is 2. The number of halogens is 5. The van der Waals surface area contributed by atoms with E-state index in [-0.39, 0.29) is 17.6 Å². The Morgan fingerprint density at radius 1 is 1.05 bits per heavy atom. The standard InChI is InChI=1S/C22H24ClFN4O2.C2HF3O2/c23-17-3-7-19(8-4-17)28-15-26-21(30)22(28)9-12-27(13-10-22)14-11-25-20(29)16-1-5-18(24)6-2-16;3-2(4,5)1(6)7/h1-8H,9-15H2,(H,25,29)(H,26,30);(H,6,7). The molecule has 200 valence electrons. The van der Waals surface area contributed by atoms with Crippen molar-refractivity contribution in [1.82, 2.24) is 15.5 Å². The molecule has 2 aliphatic rings. The maximum atomic E-state index is 13.0. The lowest BCUT2D eigenvalue weighted by Crippen LogP contribution is -2.57. The second kappa shape index (κ2) is 11.8. The van der Waals surface area contributed by atoms with Gasteiger partial charge in [-0.25, -0.2) is 9.18 Å². The highest BCUT2D eigenvalue weighted by Gasteiger charge is 2.50. The van der Waals surface area contributed by atoms with Crippen LogP contribution in [0, 0.1) is 5.82 Å². The highest BCUT2D eigenvalue weighted by atomic mass is 35.5. The van der Waals surface area contributed by atoms with Crippen LogP contribution in [0.4, 0.5) is 23.2 Å². The highest BCUT2D eigenvalue weighted by molar-refractivity contribution is 6.30. The van der Waals surface area contributed by atoms with Gasteiger partial charge in [0, 0.05) is 42.5 Å². The first kappa shape index (κ1) is 28.2. The minimum absolute atomic E-state index is 0.0710. The van der Waals surface area contributed by atoms with Gasteiger partial charge in [0.05, 0.1) is 6.67 Å². The first-order chi connectivity index (χ1) is 17.4. The molecule has 4 rings (SSSR count). The average Bonchev–Trinajstić information content (AvgIpc) is 3.16. The average molecular weight is 545 g/mol. The third-order valence-corrected chi connectivity index (χ3v) is 6.47. The van der Waals surface area contributed by atoms with Crippen LogP contribution in [0.2, 0.25) is 5.02 Å². The summed E-state index contributed by atoms with van der Waals surface area (Å²) in [6.07, 6.45) is -3.65. The number of nitrogens with zero attached hydrogens (tertiary/aromatic N) is 2. The molecule has 0 radical (unpaired) electrons. The zero-order valence-corrected chi connectivity index (χ0v) is 20.3. The largest absolute Gasteiger partial charge is 0.490 e. The summed E-state index contributed by atoms with van der Waals surface area (Å²) in [5.41, 5.74) is 0.884. The highest BCUT2D eigenvalue weighted by Crippen LogP contribution is 2.36. The predicted molar refractivity (Wildman–Crippen MR) is 128 cm³/mol.